The van der Waals surface area contributed by atoms with Crippen LogP contribution in [0.2, 0.25) is 0 Å². The average Bonchev–Trinajstić information content (AvgIpc) is 2.49. The molecule has 0 saturated heterocycles. The van der Waals surface area contributed by atoms with Gasteiger partial charge in [-0.3, -0.25) is 4.40 Å². The van der Waals surface area contributed by atoms with Gasteiger partial charge in [0.15, 0.2) is 5.65 Å². The zero-order valence-electron chi connectivity index (χ0n) is 7.45. The van der Waals surface area contributed by atoms with Crippen molar-refractivity contribution < 1.29 is 0 Å². The standard InChI is InChI=1S/C9H11N3O/c1-2-3-7-4-5-8-10-11-9(13)12(8)6-7/h4-6H,2-3H2,1H3,(H,11,13). The molecule has 0 saturated carbocycles. The molecule has 0 aliphatic heterocycles. The summed E-state index contributed by atoms with van der Waals surface area (Å²) in [5, 5.41) is 6.25. The lowest BCUT2D eigenvalue weighted by atomic mass is 10.2. The first kappa shape index (κ1) is 8.04. The van der Waals surface area contributed by atoms with Crippen molar-refractivity contribution in [3.8, 4) is 0 Å². The highest BCUT2D eigenvalue weighted by Gasteiger charge is 1.99. The molecule has 2 rings (SSSR count). The van der Waals surface area contributed by atoms with Crippen LogP contribution in [-0.2, 0) is 6.42 Å². The van der Waals surface area contributed by atoms with Crippen LogP contribution in [0, 0.1) is 0 Å². The molecule has 2 heterocycles. The van der Waals surface area contributed by atoms with Gasteiger partial charge in [-0.2, -0.15) is 5.10 Å². The summed E-state index contributed by atoms with van der Waals surface area (Å²) < 4.78 is 1.53. The fourth-order valence-corrected chi connectivity index (χ4v) is 1.39. The van der Waals surface area contributed by atoms with Crippen molar-refractivity contribution >= 4 is 5.65 Å². The zero-order valence-corrected chi connectivity index (χ0v) is 7.45. The Hall–Kier alpha value is -1.58. The summed E-state index contributed by atoms with van der Waals surface area (Å²) >= 11 is 0. The van der Waals surface area contributed by atoms with Crippen molar-refractivity contribution in [3.63, 3.8) is 0 Å². The maximum Gasteiger partial charge on any atom is 0.347 e. The lowest BCUT2D eigenvalue weighted by molar-refractivity contribution is 0.903. The van der Waals surface area contributed by atoms with E-state index in [0.29, 0.717) is 5.65 Å². The Bertz CT molecular complexity index is 469. The molecule has 2 aromatic rings. The number of H-pyrrole nitrogens is 1. The number of hydrogen-bond donors (Lipinski definition) is 1. The van der Waals surface area contributed by atoms with Crippen molar-refractivity contribution in [2.45, 2.75) is 19.8 Å². The van der Waals surface area contributed by atoms with Crippen molar-refractivity contribution in [1.29, 1.82) is 0 Å². The topological polar surface area (TPSA) is 50.2 Å². The number of fused-ring (bicyclic) bond motifs is 1. The Morgan fingerprint density at radius 1 is 1.54 bits per heavy atom. The molecule has 0 radical (unpaired) electrons. The van der Waals surface area contributed by atoms with Crippen LogP contribution in [0.3, 0.4) is 0 Å². The van der Waals surface area contributed by atoms with Gasteiger partial charge in [0.1, 0.15) is 0 Å². The summed E-state index contributed by atoms with van der Waals surface area (Å²) in [4.78, 5) is 11.2. The van der Waals surface area contributed by atoms with E-state index in [1.165, 1.54) is 9.96 Å². The van der Waals surface area contributed by atoms with Gasteiger partial charge in [-0.1, -0.05) is 19.4 Å². The van der Waals surface area contributed by atoms with E-state index in [1.807, 2.05) is 18.3 Å². The number of nitrogens with one attached hydrogen (secondary N) is 1. The molecule has 1 N–H and O–H groups in total. The molecule has 0 spiro atoms. The van der Waals surface area contributed by atoms with Crippen LogP contribution >= 0.6 is 0 Å². The van der Waals surface area contributed by atoms with E-state index >= 15 is 0 Å². The minimum absolute atomic E-state index is 0.173. The summed E-state index contributed by atoms with van der Waals surface area (Å²) in [6.07, 6.45) is 3.91. The molecular formula is C9H11N3O. The second-order valence-corrected chi connectivity index (χ2v) is 3.04. The second kappa shape index (κ2) is 3.05. The first-order valence-electron chi connectivity index (χ1n) is 4.37. The molecule has 0 unspecified atom stereocenters. The van der Waals surface area contributed by atoms with E-state index in [0.717, 1.165) is 12.8 Å². The maximum absolute atomic E-state index is 11.2. The summed E-state index contributed by atoms with van der Waals surface area (Å²) in [7, 11) is 0. The molecule has 0 atom stereocenters. The molecule has 0 bridgehead atoms. The third-order valence-electron chi connectivity index (χ3n) is 2.01. The molecule has 0 fully saturated rings. The molecule has 68 valence electrons. The van der Waals surface area contributed by atoms with Gasteiger partial charge < -0.3 is 0 Å². The summed E-state index contributed by atoms with van der Waals surface area (Å²) in [6, 6.07) is 3.85. The first-order chi connectivity index (χ1) is 6.31. The van der Waals surface area contributed by atoms with Crippen LogP contribution in [-0.4, -0.2) is 14.6 Å². The third kappa shape index (κ3) is 1.35. The highest BCUT2D eigenvalue weighted by Crippen LogP contribution is 2.03. The predicted molar refractivity (Wildman–Crippen MR) is 49.8 cm³/mol. The monoisotopic (exact) mass is 177 g/mol. The molecule has 0 aromatic carbocycles. The summed E-state index contributed by atoms with van der Waals surface area (Å²) in [5.41, 5.74) is 1.66. The molecule has 0 aliphatic carbocycles. The normalized spacial score (nSPS) is 10.8. The Morgan fingerprint density at radius 2 is 2.38 bits per heavy atom. The van der Waals surface area contributed by atoms with E-state index in [4.69, 9.17) is 0 Å². The van der Waals surface area contributed by atoms with Crippen LogP contribution in [0.15, 0.2) is 23.1 Å². The molecule has 0 amide bonds. The van der Waals surface area contributed by atoms with Gasteiger partial charge in [0.2, 0.25) is 0 Å². The second-order valence-electron chi connectivity index (χ2n) is 3.04. The van der Waals surface area contributed by atoms with Crippen molar-refractivity contribution in [2.24, 2.45) is 0 Å². The Labute approximate surface area is 75.2 Å². The predicted octanol–water partition coefficient (Wildman–Crippen LogP) is 0.975. The number of nitrogens with zero attached hydrogens (tertiary/aromatic N) is 2. The Balaban J connectivity index is 2.59. The number of aromatic amines is 1. The van der Waals surface area contributed by atoms with Crippen LogP contribution in [0.25, 0.3) is 5.65 Å². The van der Waals surface area contributed by atoms with Gasteiger partial charge in [0.05, 0.1) is 0 Å². The molecular weight excluding hydrogens is 166 g/mol. The smallest absolute Gasteiger partial charge is 0.250 e. The zero-order chi connectivity index (χ0) is 9.26. The minimum atomic E-state index is -0.173. The van der Waals surface area contributed by atoms with E-state index in [1.54, 1.807) is 0 Å². The highest BCUT2D eigenvalue weighted by molar-refractivity contribution is 5.37. The van der Waals surface area contributed by atoms with E-state index < -0.39 is 0 Å². The SMILES string of the molecule is CCCc1ccc2n[nH]c(=O)n2c1. The average molecular weight is 177 g/mol. The summed E-state index contributed by atoms with van der Waals surface area (Å²) in [5.74, 6) is 0. The highest BCUT2D eigenvalue weighted by atomic mass is 16.1. The van der Waals surface area contributed by atoms with Gasteiger partial charge in [-0.15, -0.1) is 0 Å². The largest absolute Gasteiger partial charge is 0.347 e. The third-order valence-corrected chi connectivity index (χ3v) is 2.01. The Morgan fingerprint density at radius 3 is 3.15 bits per heavy atom. The van der Waals surface area contributed by atoms with E-state index in [-0.39, 0.29) is 5.69 Å². The van der Waals surface area contributed by atoms with Crippen LogP contribution in [0.4, 0.5) is 0 Å². The van der Waals surface area contributed by atoms with Gasteiger partial charge in [0.25, 0.3) is 0 Å². The number of aryl methyl sites for hydroxylation is 1. The molecule has 2 aromatic heterocycles. The lowest BCUT2D eigenvalue weighted by Crippen LogP contribution is -2.09. The van der Waals surface area contributed by atoms with Crippen LogP contribution in [0.1, 0.15) is 18.9 Å². The molecule has 0 aliphatic rings. The van der Waals surface area contributed by atoms with E-state index in [9.17, 15) is 4.79 Å². The fraction of sp³-hybridized carbons (Fsp3) is 0.333. The van der Waals surface area contributed by atoms with Crippen molar-refractivity contribution in [2.75, 3.05) is 0 Å². The van der Waals surface area contributed by atoms with Gasteiger partial charge in [-0.25, -0.2) is 9.89 Å². The van der Waals surface area contributed by atoms with Crippen molar-refractivity contribution in [1.82, 2.24) is 14.6 Å². The van der Waals surface area contributed by atoms with Crippen molar-refractivity contribution in [3.05, 3.63) is 34.4 Å². The Kier molecular flexibility index (Phi) is 1.88. The van der Waals surface area contributed by atoms with Crippen LogP contribution in [0.5, 0.6) is 0 Å². The number of aromatic nitrogens is 3. The summed E-state index contributed by atoms with van der Waals surface area (Å²) in [6.45, 7) is 2.11. The lowest BCUT2D eigenvalue weighted by Gasteiger charge is -1.97. The number of pyridine rings is 1. The molecule has 4 heteroatoms. The van der Waals surface area contributed by atoms with Gasteiger partial charge in [-0.05, 0) is 18.1 Å². The first-order valence-corrected chi connectivity index (χ1v) is 4.37. The van der Waals surface area contributed by atoms with E-state index in [2.05, 4.69) is 17.1 Å². The number of hydrogen-bond acceptors (Lipinski definition) is 2. The molecule has 4 nitrogen and oxygen atoms in total. The quantitative estimate of drug-likeness (QED) is 0.743. The van der Waals surface area contributed by atoms with Crippen LogP contribution < -0.4 is 5.69 Å². The molecule has 13 heavy (non-hydrogen) atoms. The number of rotatable bonds is 2. The van der Waals surface area contributed by atoms with Gasteiger partial charge >= 0.3 is 5.69 Å². The minimum Gasteiger partial charge on any atom is -0.250 e. The van der Waals surface area contributed by atoms with Gasteiger partial charge in [0, 0.05) is 6.20 Å². The fourth-order valence-electron chi connectivity index (χ4n) is 1.39. The maximum atomic E-state index is 11.2.